The smallest absolute Gasteiger partial charge is 0.247 e. The van der Waals surface area contributed by atoms with Crippen molar-refractivity contribution in [3.63, 3.8) is 0 Å². The first-order chi connectivity index (χ1) is 15.9. The molecule has 0 radical (unpaired) electrons. The van der Waals surface area contributed by atoms with E-state index >= 15 is 0 Å². The fraction of sp³-hybridized carbons (Fsp3) is 0.217. The third-order valence-electron chi connectivity index (χ3n) is 4.40. The number of nitrogen functional groups attached to an aromatic ring is 1. The number of pyridine rings is 1. The van der Waals surface area contributed by atoms with Crippen LogP contribution >= 0.6 is 0 Å². The number of oxazole rings is 1. The average Bonchev–Trinajstić information content (AvgIpc) is 3.31. The zero-order valence-electron chi connectivity index (χ0n) is 18.6. The van der Waals surface area contributed by atoms with Gasteiger partial charge in [-0.25, -0.2) is 15.0 Å². The Bertz CT molecular complexity index is 1180. The van der Waals surface area contributed by atoms with Crippen molar-refractivity contribution in [2.75, 3.05) is 19.8 Å². The van der Waals surface area contributed by atoms with Crippen LogP contribution in [0.2, 0.25) is 0 Å². The maximum absolute atomic E-state index is 12.6. The topological polar surface area (TPSA) is 140 Å². The molecule has 0 aromatic carbocycles. The van der Waals surface area contributed by atoms with E-state index in [1.165, 1.54) is 18.5 Å². The van der Waals surface area contributed by atoms with Crippen molar-refractivity contribution < 1.29 is 14.0 Å². The monoisotopic (exact) mass is 447 g/mol. The Hall–Kier alpha value is -4.34. The summed E-state index contributed by atoms with van der Waals surface area (Å²) in [6.07, 6.45) is 8.16. The van der Waals surface area contributed by atoms with Gasteiger partial charge in [0.05, 0.1) is 30.6 Å². The van der Waals surface area contributed by atoms with E-state index in [9.17, 15) is 9.59 Å². The van der Waals surface area contributed by atoms with Gasteiger partial charge in [0.2, 0.25) is 11.8 Å². The minimum Gasteiger partial charge on any atom is -0.443 e. The molecule has 10 heteroatoms. The first-order valence-electron chi connectivity index (χ1n) is 10.1. The van der Waals surface area contributed by atoms with Crippen LogP contribution in [0.5, 0.6) is 0 Å². The van der Waals surface area contributed by atoms with Gasteiger partial charge in [0.1, 0.15) is 24.1 Å². The number of rotatable bonds is 9. The second kappa shape index (κ2) is 10.8. The molecule has 0 aliphatic rings. The van der Waals surface area contributed by atoms with Gasteiger partial charge >= 0.3 is 0 Å². The minimum absolute atomic E-state index is 0.0827. The van der Waals surface area contributed by atoms with Gasteiger partial charge in [-0.2, -0.15) is 0 Å². The molecule has 3 rings (SSSR count). The van der Waals surface area contributed by atoms with Crippen molar-refractivity contribution in [2.24, 2.45) is 0 Å². The van der Waals surface area contributed by atoms with Crippen LogP contribution in [0.3, 0.4) is 0 Å². The number of hydrogen-bond donors (Lipinski definition) is 2. The van der Waals surface area contributed by atoms with E-state index in [1.54, 1.807) is 17.2 Å². The first kappa shape index (κ1) is 23.3. The molecule has 1 amide bonds. The van der Waals surface area contributed by atoms with Crippen molar-refractivity contribution in [1.29, 1.82) is 0 Å². The molecule has 0 atom stereocenters. The largest absolute Gasteiger partial charge is 0.443 e. The maximum atomic E-state index is 12.6. The molecular formula is C23H25N7O3. The van der Waals surface area contributed by atoms with E-state index in [0.29, 0.717) is 28.9 Å². The lowest BCUT2D eigenvalue weighted by molar-refractivity contribution is -0.120. The number of aldehydes is 1. The van der Waals surface area contributed by atoms with Crippen molar-refractivity contribution >= 4 is 23.6 Å². The zero-order chi connectivity index (χ0) is 23.8. The van der Waals surface area contributed by atoms with E-state index < -0.39 is 0 Å². The molecule has 3 heterocycles. The fourth-order valence-electron chi connectivity index (χ4n) is 3.01. The van der Waals surface area contributed by atoms with Gasteiger partial charge in [0, 0.05) is 31.6 Å². The van der Waals surface area contributed by atoms with E-state index in [-0.39, 0.29) is 30.6 Å². The van der Waals surface area contributed by atoms with Gasteiger partial charge in [0.15, 0.2) is 5.69 Å². The molecule has 0 spiro atoms. The zero-order valence-corrected chi connectivity index (χ0v) is 18.6. The van der Waals surface area contributed by atoms with Gasteiger partial charge in [-0.1, -0.05) is 6.07 Å². The highest BCUT2D eigenvalue weighted by Gasteiger charge is 2.20. The van der Waals surface area contributed by atoms with Crippen molar-refractivity contribution in [3.8, 4) is 11.6 Å². The molecule has 0 aliphatic carbocycles. The number of nitrogens with two attached hydrogens (primary N) is 1. The van der Waals surface area contributed by atoms with Crippen LogP contribution in [0.15, 0.2) is 53.4 Å². The van der Waals surface area contributed by atoms with E-state index in [0.717, 1.165) is 11.4 Å². The summed E-state index contributed by atoms with van der Waals surface area (Å²) in [5, 5.41) is 2.82. The first-order valence-corrected chi connectivity index (χ1v) is 10.1. The number of aromatic nitrogens is 4. The van der Waals surface area contributed by atoms with E-state index in [4.69, 9.17) is 10.2 Å². The Morgan fingerprint density at radius 2 is 2.06 bits per heavy atom. The van der Waals surface area contributed by atoms with Gasteiger partial charge in [0.25, 0.3) is 0 Å². The lowest BCUT2D eigenvalue weighted by Gasteiger charge is -2.14. The molecule has 170 valence electrons. The molecule has 0 unspecified atom stereocenters. The quantitative estimate of drug-likeness (QED) is 0.286. The highest BCUT2D eigenvalue weighted by molar-refractivity contribution is 5.84. The van der Waals surface area contributed by atoms with Crippen LogP contribution in [0, 0.1) is 6.92 Å². The number of carbonyl (C=O) groups is 2. The van der Waals surface area contributed by atoms with Crippen LogP contribution in [-0.4, -0.2) is 51.1 Å². The average molecular weight is 447 g/mol. The molecule has 3 aromatic heterocycles. The number of amides is 1. The maximum Gasteiger partial charge on any atom is 0.247 e. The summed E-state index contributed by atoms with van der Waals surface area (Å²) >= 11 is 0. The molecule has 33 heavy (non-hydrogen) atoms. The summed E-state index contributed by atoms with van der Waals surface area (Å²) < 4.78 is 5.40. The molecule has 0 aliphatic heterocycles. The van der Waals surface area contributed by atoms with Crippen molar-refractivity contribution in [2.45, 2.75) is 19.9 Å². The Morgan fingerprint density at radius 3 is 2.73 bits per heavy atom. The molecule has 0 fully saturated rings. The van der Waals surface area contributed by atoms with Gasteiger partial charge in [-0.3, -0.25) is 14.6 Å². The lowest BCUT2D eigenvalue weighted by atomic mass is 10.1. The predicted octanol–water partition coefficient (Wildman–Crippen LogP) is 1.93. The Labute approximate surface area is 191 Å². The van der Waals surface area contributed by atoms with Crippen LogP contribution in [0.25, 0.3) is 17.2 Å². The fourth-order valence-corrected chi connectivity index (χ4v) is 3.01. The van der Waals surface area contributed by atoms with E-state index in [2.05, 4.69) is 25.3 Å². The number of nitrogens with zero attached hydrogens (tertiary/aromatic N) is 5. The minimum atomic E-state index is -0.282. The summed E-state index contributed by atoms with van der Waals surface area (Å²) in [5.74, 6) is 0.0185. The van der Waals surface area contributed by atoms with Crippen molar-refractivity contribution in [3.05, 3.63) is 71.8 Å². The number of carbonyl (C=O) groups excluding carboxylic acids is 2. The van der Waals surface area contributed by atoms with Crippen LogP contribution < -0.4 is 11.1 Å². The number of anilines is 1. The Kier molecular flexibility index (Phi) is 7.64. The van der Waals surface area contributed by atoms with Gasteiger partial charge in [-0.05, 0) is 31.2 Å². The van der Waals surface area contributed by atoms with Gasteiger partial charge < -0.3 is 20.4 Å². The predicted molar refractivity (Wildman–Crippen MR) is 123 cm³/mol. The lowest BCUT2D eigenvalue weighted by Crippen LogP contribution is -2.26. The standard InChI is InChI=1S/C23H25N7O3/c1-15-6-4-8-17(27-15)13-26-19(32)12-18-22(24)29-21(23-25-9-11-33-23)20(28-18)16(7-5-10-31)14-30(2)3/h4-11,14H,12-13H2,1-3H3,(H2,24,29)(H,26,32)/b7-5-,16-14+. The van der Waals surface area contributed by atoms with Crippen LogP contribution in [0.4, 0.5) is 5.82 Å². The summed E-state index contributed by atoms with van der Waals surface area (Å²) in [6, 6.07) is 5.60. The molecule has 0 saturated heterocycles. The summed E-state index contributed by atoms with van der Waals surface area (Å²) in [6.45, 7) is 2.17. The van der Waals surface area contributed by atoms with E-state index in [1.807, 2.05) is 39.2 Å². The van der Waals surface area contributed by atoms with Crippen molar-refractivity contribution in [1.82, 2.24) is 30.2 Å². The normalized spacial score (nSPS) is 11.5. The Balaban J connectivity index is 1.94. The molecular weight excluding hydrogens is 422 g/mol. The summed E-state index contributed by atoms with van der Waals surface area (Å²) in [7, 11) is 3.66. The molecule has 0 bridgehead atoms. The second-order valence-electron chi connectivity index (χ2n) is 7.36. The number of nitrogens with one attached hydrogen (secondary N) is 1. The highest BCUT2D eigenvalue weighted by Crippen LogP contribution is 2.28. The van der Waals surface area contributed by atoms with Crippen LogP contribution in [0.1, 0.15) is 22.8 Å². The summed E-state index contributed by atoms with van der Waals surface area (Å²) in [5.41, 5.74) is 9.28. The summed E-state index contributed by atoms with van der Waals surface area (Å²) in [4.78, 5) is 42.9. The third kappa shape index (κ3) is 6.33. The number of hydrogen-bond acceptors (Lipinski definition) is 9. The Morgan fingerprint density at radius 1 is 1.24 bits per heavy atom. The number of aryl methyl sites for hydroxylation is 1. The third-order valence-corrected chi connectivity index (χ3v) is 4.40. The highest BCUT2D eigenvalue weighted by atomic mass is 16.3. The van der Waals surface area contributed by atoms with Crippen LogP contribution in [-0.2, 0) is 22.6 Å². The number of allylic oxidation sites excluding steroid dienone is 3. The second-order valence-corrected chi connectivity index (χ2v) is 7.36. The molecule has 10 nitrogen and oxygen atoms in total. The molecule has 3 aromatic rings. The van der Waals surface area contributed by atoms with Gasteiger partial charge in [-0.15, -0.1) is 0 Å². The molecule has 0 saturated carbocycles. The SMILES string of the molecule is Cc1cccc(CNC(=O)Cc2nc(C(/C=C\C=O)=C/N(C)C)c(-c3ncco3)nc2N)n1. The molecule has 3 N–H and O–H groups in total.